The smallest absolute Gasteiger partial charge is 0.343 e. The Morgan fingerprint density at radius 2 is 2.09 bits per heavy atom. The molecule has 0 bridgehead atoms. The van der Waals surface area contributed by atoms with Gasteiger partial charge in [0.1, 0.15) is 12.4 Å². The molecular formula is C24H20N2O6. The lowest BCUT2D eigenvalue weighted by Gasteiger charge is -2.31. The molecular weight excluding hydrogens is 412 g/mol. The van der Waals surface area contributed by atoms with Crippen LogP contribution < -0.4 is 5.56 Å². The van der Waals surface area contributed by atoms with Crippen molar-refractivity contribution >= 4 is 28.7 Å². The molecule has 2 aliphatic rings. The lowest BCUT2D eigenvalue weighted by Crippen LogP contribution is -2.44. The molecule has 5 rings (SSSR count). The van der Waals surface area contributed by atoms with Gasteiger partial charge in [0.2, 0.25) is 0 Å². The van der Waals surface area contributed by atoms with Crippen molar-refractivity contribution in [2.24, 2.45) is 0 Å². The third-order valence-electron chi connectivity index (χ3n) is 6.19. The molecule has 0 saturated heterocycles. The number of esters is 1. The Balaban J connectivity index is 1.71. The minimum absolute atomic E-state index is 0.00254. The van der Waals surface area contributed by atoms with Crippen LogP contribution in [-0.2, 0) is 33.1 Å². The van der Waals surface area contributed by atoms with Crippen molar-refractivity contribution in [1.82, 2.24) is 9.55 Å². The molecule has 0 saturated carbocycles. The highest BCUT2D eigenvalue weighted by atomic mass is 16.6. The SMILES string of the molecule is CC[C@@]1(O)C(=O)OCc2c1cc1n(c2=O)Cc2cc3c(O)c(/C=C/C(C)=O)ccc3nc2-1. The van der Waals surface area contributed by atoms with Gasteiger partial charge < -0.3 is 19.5 Å². The van der Waals surface area contributed by atoms with Gasteiger partial charge in [-0.15, -0.1) is 0 Å². The quantitative estimate of drug-likeness (QED) is 0.377. The molecule has 32 heavy (non-hydrogen) atoms. The van der Waals surface area contributed by atoms with Crippen molar-refractivity contribution in [3.05, 3.63) is 62.9 Å². The maximum Gasteiger partial charge on any atom is 0.343 e. The standard InChI is InChI=1S/C24H20N2O6/c1-3-24(31)17-9-19-20-14(10-26(19)22(29)16(17)11-32-23(24)30)8-15-18(25-20)7-6-13(21(15)28)5-4-12(2)27/h4-9,28,31H,3,10-11H2,1-2H3/b5-4+/t24-/m0/s1. The molecule has 1 aromatic carbocycles. The van der Waals surface area contributed by atoms with E-state index in [1.807, 2.05) is 0 Å². The first-order chi connectivity index (χ1) is 15.2. The van der Waals surface area contributed by atoms with Crippen molar-refractivity contribution < 1.29 is 24.5 Å². The first kappa shape index (κ1) is 20.1. The Kier molecular flexibility index (Phi) is 4.32. The molecule has 1 atom stereocenters. The minimum Gasteiger partial charge on any atom is -0.507 e. The summed E-state index contributed by atoms with van der Waals surface area (Å²) >= 11 is 0. The number of aliphatic hydroxyl groups is 1. The topological polar surface area (TPSA) is 119 Å². The summed E-state index contributed by atoms with van der Waals surface area (Å²) < 4.78 is 6.62. The van der Waals surface area contributed by atoms with Crippen LogP contribution in [0.1, 0.15) is 42.5 Å². The van der Waals surface area contributed by atoms with Crippen molar-refractivity contribution in [3.8, 4) is 17.1 Å². The monoisotopic (exact) mass is 432 g/mol. The zero-order valence-corrected chi connectivity index (χ0v) is 17.5. The van der Waals surface area contributed by atoms with E-state index in [0.717, 1.165) is 5.56 Å². The van der Waals surface area contributed by atoms with Gasteiger partial charge in [-0.3, -0.25) is 9.59 Å². The maximum atomic E-state index is 13.2. The fourth-order valence-corrected chi connectivity index (χ4v) is 4.40. The molecule has 0 radical (unpaired) electrons. The number of hydrogen-bond donors (Lipinski definition) is 2. The van der Waals surface area contributed by atoms with Crippen LogP contribution in [0.25, 0.3) is 28.4 Å². The van der Waals surface area contributed by atoms with Gasteiger partial charge in [0.15, 0.2) is 11.4 Å². The number of pyridine rings is 2. The number of rotatable bonds is 3. The Morgan fingerprint density at radius 3 is 2.81 bits per heavy atom. The van der Waals surface area contributed by atoms with Crippen LogP contribution in [0.3, 0.4) is 0 Å². The Hall–Kier alpha value is -3.78. The lowest BCUT2D eigenvalue weighted by atomic mass is 9.86. The lowest BCUT2D eigenvalue weighted by molar-refractivity contribution is -0.172. The summed E-state index contributed by atoms with van der Waals surface area (Å²) in [6.07, 6.45) is 2.99. The second kappa shape index (κ2) is 6.86. The number of nitrogens with zero attached hydrogens (tertiary/aromatic N) is 2. The average molecular weight is 432 g/mol. The van der Waals surface area contributed by atoms with E-state index in [-0.39, 0.29) is 47.8 Å². The van der Waals surface area contributed by atoms with E-state index in [2.05, 4.69) is 4.98 Å². The molecule has 2 N–H and O–H groups in total. The van der Waals surface area contributed by atoms with Crippen LogP contribution in [-0.4, -0.2) is 31.5 Å². The number of carbonyl (C=O) groups excluding carboxylic acids is 2. The van der Waals surface area contributed by atoms with Gasteiger partial charge in [-0.1, -0.05) is 6.92 Å². The van der Waals surface area contributed by atoms with Crippen molar-refractivity contribution in [1.29, 1.82) is 0 Å². The number of ether oxygens (including phenoxy) is 1. The molecule has 0 unspecified atom stereocenters. The number of carbonyl (C=O) groups is 2. The van der Waals surface area contributed by atoms with Crippen LogP contribution in [0.2, 0.25) is 0 Å². The van der Waals surface area contributed by atoms with E-state index in [4.69, 9.17) is 4.74 Å². The van der Waals surface area contributed by atoms with E-state index < -0.39 is 11.6 Å². The van der Waals surface area contributed by atoms with Gasteiger partial charge in [-0.25, -0.2) is 9.78 Å². The van der Waals surface area contributed by atoms with Crippen molar-refractivity contribution in [2.75, 3.05) is 0 Å². The average Bonchev–Trinajstić information content (AvgIpc) is 3.13. The summed E-state index contributed by atoms with van der Waals surface area (Å²) in [7, 11) is 0. The van der Waals surface area contributed by atoms with Gasteiger partial charge in [-0.2, -0.15) is 0 Å². The van der Waals surface area contributed by atoms with Gasteiger partial charge >= 0.3 is 5.97 Å². The predicted molar refractivity (Wildman–Crippen MR) is 116 cm³/mol. The van der Waals surface area contributed by atoms with Crippen LogP contribution in [0.5, 0.6) is 5.75 Å². The number of cyclic esters (lactones) is 1. The third-order valence-corrected chi connectivity index (χ3v) is 6.19. The van der Waals surface area contributed by atoms with Crippen molar-refractivity contribution in [2.45, 2.75) is 39.0 Å². The number of allylic oxidation sites excluding steroid dienone is 1. The van der Waals surface area contributed by atoms with Gasteiger partial charge in [-0.05, 0) is 49.8 Å². The van der Waals surface area contributed by atoms with E-state index in [9.17, 15) is 24.6 Å². The first-order valence-corrected chi connectivity index (χ1v) is 10.3. The number of fused-ring (bicyclic) bond motifs is 5. The number of benzene rings is 1. The van der Waals surface area contributed by atoms with E-state index in [1.165, 1.54) is 17.6 Å². The fourth-order valence-electron chi connectivity index (χ4n) is 4.40. The molecule has 0 aliphatic carbocycles. The molecule has 4 heterocycles. The summed E-state index contributed by atoms with van der Waals surface area (Å²) in [5.74, 6) is -0.903. The summed E-state index contributed by atoms with van der Waals surface area (Å²) in [6, 6.07) is 6.82. The fraction of sp³-hybridized carbons (Fsp3) is 0.250. The number of phenols is 1. The molecule has 2 aromatic heterocycles. The van der Waals surface area contributed by atoms with Gasteiger partial charge in [0.25, 0.3) is 5.56 Å². The molecule has 0 spiro atoms. The number of aromatic hydroxyl groups is 1. The molecule has 8 heteroatoms. The highest BCUT2D eigenvalue weighted by Crippen LogP contribution is 2.40. The Labute approximate surface area is 182 Å². The van der Waals surface area contributed by atoms with Crippen LogP contribution in [0.4, 0.5) is 0 Å². The highest BCUT2D eigenvalue weighted by molar-refractivity contribution is 5.95. The maximum absolute atomic E-state index is 13.2. The van der Waals surface area contributed by atoms with E-state index in [0.29, 0.717) is 27.9 Å². The van der Waals surface area contributed by atoms with Gasteiger partial charge in [0, 0.05) is 22.1 Å². The molecule has 162 valence electrons. The van der Waals surface area contributed by atoms with Crippen LogP contribution in [0, 0.1) is 0 Å². The molecule has 0 fully saturated rings. The molecule has 8 nitrogen and oxygen atoms in total. The van der Waals surface area contributed by atoms with Gasteiger partial charge in [0.05, 0.1) is 29.0 Å². The van der Waals surface area contributed by atoms with Crippen LogP contribution >= 0.6 is 0 Å². The number of aromatic nitrogens is 2. The number of phenolic OH excluding ortho intramolecular Hbond substituents is 1. The number of hydrogen-bond acceptors (Lipinski definition) is 7. The summed E-state index contributed by atoms with van der Waals surface area (Å²) in [5, 5.41) is 22.1. The summed E-state index contributed by atoms with van der Waals surface area (Å²) in [5.41, 5.74) is 1.10. The van der Waals surface area contributed by atoms with E-state index in [1.54, 1.807) is 37.3 Å². The normalized spacial score (nSPS) is 19.0. The zero-order chi connectivity index (χ0) is 22.8. The third kappa shape index (κ3) is 2.73. The predicted octanol–water partition coefficient (Wildman–Crippen LogP) is 2.39. The van der Waals surface area contributed by atoms with Crippen LogP contribution in [0.15, 0.2) is 35.1 Å². The first-order valence-electron chi connectivity index (χ1n) is 10.3. The largest absolute Gasteiger partial charge is 0.507 e. The Morgan fingerprint density at radius 1 is 1.31 bits per heavy atom. The molecule has 3 aromatic rings. The summed E-state index contributed by atoms with van der Waals surface area (Å²) in [4.78, 5) is 41.4. The second-order valence-electron chi connectivity index (χ2n) is 8.11. The van der Waals surface area contributed by atoms with E-state index >= 15 is 0 Å². The molecule has 0 amide bonds. The zero-order valence-electron chi connectivity index (χ0n) is 17.5. The Bertz CT molecular complexity index is 1430. The minimum atomic E-state index is -1.88. The highest BCUT2D eigenvalue weighted by Gasteiger charge is 2.45. The number of ketones is 1. The molecule has 2 aliphatic heterocycles. The van der Waals surface area contributed by atoms with Crippen molar-refractivity contribution in [3.63, 3.8) is 0 Å². The summed E-state index contributed by atoms with van der Waals surface area (Å²) in [6.45, 7) is 3.14. The second-order valence-corrected chi connectivity index (χ2v) is 8.11.